The van der Waals surface area contributed by atoms with E-state index in [1.165, 1.54) is 21.1 Å². The second-order valence-corrected chi connectivity index (χ2v) is 11.4. The van der Waals surface area contributed by atoms with Crippen LogP contribution in [0.2, 0.25) is 0 Å². The second kappa shape index (κ2) is 10.6. The highest BCUT2D eigenvalue weighted by atomic mass is 16.5. The average molecular weight is 600 g/mol. The minimum absolute atomic E-state index is 0.285. The van der Waals surface area contributed by atoms with Crippen LogP contribution in [0.4, 0.5) is 5.69 Å². The van der Waals surface area contributed by atoms with Crippen molar-refractivity contribution in [2.75, 3.05) is 19.1 Å². The van der Waals surface area contributed by atoms with Crippen LogP contribution in [0.25, 0.3) is 6.08 Å². The van der Waals surface area contributed by atoms with Gasteiger partial charge >= 0.3 is 5.97 Å². The quantitative estimate of drug-likeness (QED) is 0.116. The number of anilines is 1. The predicted octanol–water partition coefficient (Wildman–Crippen LogP) is 5.95. The van der Waals surface area contributed by atoms with Crippen LogP contribution >= 0.6 is 0 Å². The molecule has 4 aromatic rings. The fourth-order valence-electron chi connectivity index (χ4n) is 7.36. The zero-order chi connectivity index (χ0) is 31.5. The minimum Gasteiger partial charge on any atom is -0.493 e. The van der Waals surface area contributed by atoms with E-state index in [1.54, 1.807) is 66.7 Å². The van der Waals surface area contributed by atoms with Crippen molar-refractivity contribution in [3.05, 3.63) is 125 Å². The number of hydrogen-bond acceptors (Lipinski definition) is 8. The first-order valence-corrected chi connectivity index (χ1v) is 14.6. The molecule has 8 nitrogen and oxygen atoms in total. The van der Waals surface area contributed by atoms with Crippen LogP contribution < -0.4 is 19.1 Å². The van der Waals surface area contributed by atoms with Crippen molar-refractivity contribution in [3.8, 4) is 17.2 Å². The van der Waals surface area contributed by atoms with E-state index < -0.39 is 29.4 Å². The van der Waals surface area contributed by atoms with Crippen molar-refractivity contribution in [1.82, 2.24) is 0 Å². The Kier molecular flexibility index (Phi) is 6.66. The number of Topliss-reactive ketones (excluding diaryl/α,β-unsaturated/α-hetero) is 3. The van der Waals surface area contributed by atoms with Gasteiger partial charge in [0.05, 0.1) is 20.3 Å². The molecule has 3 atom stereocenters. The molecule has 4 aromatic carbocycles. The van der Waals surface area contributed by atoms with Crippen LogP contribution in [0.5, 0.6) is 17.2 Å². The lowest BCUT2D eigenvalue weighted by molar-refractivity contribution is -0.131. The van der Waals surface area contributed by atoms with E-state index in [0.717, 1.165) is 11.3 Å². The molecule has 1 spiro atoms. The molecule has 7 rings (SSSR count). The molecule has 1 saturated heterocycles. The molecule has 1 fully saturated rings. The topological polar surface area (TPSA) is 99.2 Å². The highest BCUT2D eigenvalue weighted by Gasteiger charge is 2.71. The summed E-state index contributed by atoms with van der Waals surface area (Å²) in [6, 6.07) is 24.4. The van der Waals surface area contributed by atoms with Crippen molar-refractivity contribution in [1.29, 1.82) is 0 Å². The van der Waals surface area contributed by atoms with Crippen molar-refractivity contribution < 1.29 is 33.4 Å². The molecule has 0 aromatic heterocycles. The van der Waals surface area contributed by atoms with Crippen LogP contribution in [0, 0.1) is 5.41 Å². The molecule has 45 heavy (non-hydrogen) atoms. The molecule has 224 valence electrons. The minimum atomic E-state index is -1.65. The van der Waals surface area contributed by atoms with Crippen LogP contribution in [0.1, 0.15) is 55.0 Å². The summed E-state index contributed by atoms with van der Waals surface area (Å²) in [4.78, 5) is 58.0. The molecule has 0 unspecified atom stereocenters. The highest BCUT2D eigenvalue weighted by molar-refractivity contribution is 6.32. The van der Waals surface area contributed by atoms with Gasteiger partial charge in [-0.25, -0.2) is 0 Å². The van der Waals surface area contributed by atoms with Gasteiger partial charge in [0.15, 0.2) is 28.8 Å². The summed E-state index contributed by atoms with van der Waals surface area (Å²) in [7, 11) is 3.05. The first-order chi connectivity index (χ1) is 21.8. The number of carbonyl (C=O) groups excluding carboxylic acids is 4. The standard InChI is InChI=1S/C37H29NO7/c1-21(39)45-25-16-12-23(13-17-25)34(40)33-32(24-14-18-29(43-2)30(20-24)44-3)37(35(41)26-9-5-6-10-27(26)36(37)42)31-19-15-22-8-4-7-11-28(22)38(31)33/h4-20,31-33H,1-3H3/t31-,32+,33-/m0/s1. The molecule has 2 heterocycles. The molecule has 0 amide bonds. The Labute approximate surface area is 259 Å². The first kappa shape index (κ1) is 28.3. The van der Waals surface area contributed by atoms with Gasteiger partial charge in [-0.2, -0.15) is 0 Å². The van der Waals surface area contributed by atoms with E-state index in [4.69, 9.17) is 14.2 Å². The van der Waals surface area contributed by atoms with Crippen molar-refractivity contribution in [2.45, 2.75) is 24.9 Å². The van der Waals surface area contributed by atoms with E-state index in [1.807, 2.05) is 41.3 Å². The third-order valence-electron chi connectivity index (χ3n) is 9.15. The molecular formula is C37H29NO7. The van der Waals surface area contributed by atoms with E-state index >= 15 is 0 Å². The fraction of sp³-hybridized carbons (Fsp3) is 0.189. The molecule has 3 aliphatic rings. The maximum absolute atomic E-state index is 14.9. The molecule has 2 aliphatic heterocycles. The normalized spacial score (nSPS) is 20.4. The molecule has 0 saturated carbocycles. The van der Waals surface area contributed by atoms with E-state index in [-0.39, 0.29) is 17.3 Å². The van der Waals surface area contributed by atoms with Gasteiger partial charge in [-0.1, -0.05) is 60.7 Å². The summed E-state index contributed by atoms with van der Waals surface area (Å²) >= 11 is 0. The number of rotatable bonds is 6. The molecule has 1 aliphatic carbocycles. The Morgan fingerprint density at radius 3 is 2.07 bits per heavy atom. The number of esters is 1. The van der Waals surface area contributed by atoms with Gasteiger partial charge in [0.25, 0.3) is 0 Å². The van der Waals surface area contributed by atoms with E-state index in [9.17, 15) is 19.2 Å². The third-order valence-corrected chi connectivity index (χ3v) is 9.15. The number of hydrogen-bond donors (Lipinski definition) is 0. The largest absolute Gasteiger partial charge is 0.493 e. The summed E-state index contributed by atoms with van der Waals surface area (Å²) in [6.07, 6.45) is 3.81. The summed E-state index contributed by atoms with van der Waals surface area (Å²) in [5.41, 5.74) is 1.61. The lowest BCUT2D eigenvalue weighted by atomic mass is 9.64. The van der Waals surface area contributed by atoms with Gasteiger partial charge in [0, 0.05) is 35.2 Å². The van der Waals surface area contributed by atoms with Gasteiger partial charge in [-0.3, -0.25) is 19.2 Å². The van der Waals surface area contributed by atoms with Gasteiger partial charge < -0.3 is 19.1 Å². The summed E-state index contributed by atoms with van der Waals surface area (Å²) in [6.45, 7) is 1.31. The first-order valence-electron chi connectivity index (χ1n) is 14.6. The van der Waals surface area contributed by atoms with Gasteiger partial charge in [0.1, 0.15) is 17.2 Å². The number of methoxy groups -OCH3 is 2. The Morgan fingerprint density at radius 2 is 1.42 bits per heavy atom. The Bertz CT molecular complexity index is 1890. The second-order valence-electron chi connectivity index (χ2n) is 11.4. The maximum Gasteiger partial charge on any atom is 0.308 e. The van der Waals surface area contributed by atoms with E-state index in [2.05, 4.69) is 0 Å². The number of para-hydroxylation sites is 1. The monoisotopic (exact) mass is 599 g/mol. The van der Waals surface area contributed by atoms with Crippen molar-refractivity contribution in [2.24, 2.45) is 5.41 Å². The van der Waals surface area contributed by atoms with Crippen LogP contribution in [0.3, 0.4) is 0 Å². The zero-order valence-corrected chi connectivity index (χ0v) is 24.9. The van der Waals surface area contributed by atoms with Crippen molar-refractivity contribution >= 4 is 35.1 Å². The average Bonchev–Trinajstić information content (AvgIpc) is 3.50. The SMILES string of the molecule is COc1ccc([C@@H]2[C@@H](C(=O)c3ccc(OC(C)=O)cc3)N3c4ccccc4C=C[C@H]3C23C(=O)c2ccccc2C3=O)cc1OC. The van der Waals surface area contributed by atoms with Crippen LogP contribution in [0.15, 0.2) is 97.1 Å². The molecule has 0 bridgehead atoms. The Balaban J connectivity index is 1.50. The molecular weight excluding hydrogens is 570 g/mol. The summed E-state index contributed by atoms with van der Waals surface area (Å²) < 4.78 is 16.4. The summed E-state index contributed by atoms with van der Waals surface area (Å²) in [5.74, 6) is -1.11. The smallest absolute Gasteiger partial charge is 0.308 e. The Morgan fingerprint density at radius 1 is 0.778 bits per heavy atom. The number of nitrogens with zero attached hydrogens (tertiary/aromatic N) is 1. The zero-order valence-electron chi connectivity index (χ0n) is 24.9. The predicted molar refractivity (Wildman–Crippen MR) is 167 cm³/mol. The number of benzene rings is 4. The van der Waals surface area contributed by atoms with Gasteiger partial charge in [0.2, 0.25) is 0 Å². The number of carbonyl (C=O) groups is 4. The lowest BCUT2D eigenvalue weighted by Gasteiger charge is -2.37. The lowest BCUT2D eigenvalue weighted by Crippen LogP contribution is -2.48. The van der Waals surface area contributed by atoms with Crippen LogP contribution in [-0.2, 0) is 4.79 Å². The van der Waals surface area contributed by atoms with Crippen molar-refractivity contribution in [3.63, 3.8) is 0 Å². The van der Waals surface area contributed by atoms with Gasteiger partial charge in [-0.15, -0.1) is 0 Å². The number of ether oxygens (including phenoxy) is 3. The fourth-order valence-corrected chi connectivity index (χ4v) is 7.36. The molecule has 0 N–H and O–H groups in total. The van der Waals surface area contributed by atoms with Gasteiger partial charge in [-0.05, 0) is 53.6 Å². The Hall–Kier alpha value is -5.50. The molecule has 0 radical (unpaired) electrons. The number of ketones is 3. The third kappa shape index (κ3) is 4.05. The molecule has 8 heteroatoms. The maximum atomic E-state index is 14.9. The summed E-state index contributed by atoms with van der Waals surface area (Å²) in [5, 5.41) is 0. The van der Waals surface area contributed by atoms with E-state index in [0.29, 0.717) is 39.5 Å². The number of fused-ring (bicyclic) bond motifs is 5. The van der Waals surface area contributed by atoms with Crippen LogP contribution in [-0.4, -0.2) is 49.6 Å². The highest BCUT2D eigenvalue weighted by Crippen LogP contribution is 2.61.